The van der Waals surface area contributed by atoms with Gasteiger partial charge in [-0.2, -0.15) is 0 Å². The van der Waals surface area contributed by atoms with Crippen LogP contribution in [0.5, 0.6) is 0 Å². The second-order valence-electron chi connectivity index (χ2n) is 2.70. The fourth-order valence-electron chi connectivity index (χ4n) is 0.254. The molecule has 0 rings (SSSR count). The normalized spacial score (nSPS) is 10.5. The highest BCUT2D eigenvalue weighted by Gasteiger charge is 2.02. The maximum absolute atomic E-state index is 3.37. The van der Waals surface area contributed by atoms with Crippen LogP contribution in [0.2, 0.25) is 0 Å². The van der Waals surface area contributed by atoms with Crippen molar-refractivity contribution in [3.8, 4) is 0 Å². The Kier molecular flexibility index (Phi) is 7.43. The molecule has 0 aliphatic carbocycles. The molecule has 0 aliphatic rings. The molecule has 1 nitrogen and oxygen atoms in total. The first-order valence-corrected chi connectivity index (χ1v) is 3.55. The number of rotatable bonds is 2. The Hall–Kier alpha value is 1.17. The third-order valence-electron chi connectivity index (χ3n) is 0.755. The predicted octanol–water partition coefficient (Wildman–Crippen LogP) is -1.91. The van der Waals surface area contributed by atoms with Crippen LogP contribution in [0.25, 0.3) is 0 Å². The highest BCUT2D eigenvalue weighted by atomic mass is 127. The van der Waals surface area contributed by atoms with Gasteiger partial charge < -0.3 is 28.5 Å². The van der Waals surface area contributed by atoms with Gasteiger partial charge >= 0.3 is 0 Å². The van der Waals surface area contributed by atoms with E-state index >= 15 is 0 Å². The van der Waals surface area contributed by atoms with Crippen LogP contribution in [0.4, 0.5) is 0 Å². The number of nitrogens with zero attached hydrogens (tertiary/aromatic N) is 1. The fraction of sp³-hybridized carbons (Fsp3) is 1.00. The lowest BCUT2D eigenvalue weighted by atomic mass is 10.6. The number of alkyl halides is 1. The fourth-order valence-corrected chi connectivity index (χ4v) is 1.32. The summed E-state index contributed by atoms with van der Waals surface area (Å²) in [5.74, 6) is 0. The van der Waals surface area contributed by atoms with E-state index in [0.29, 0.717) is 0 Å². The molecular formula is C5H13BrIN. The van der Waals surface area contributed by atoms with E-state index < -0.39 is 0 Å². The average molecular weight is 294 g/mol. The summed E-state index contributed by atoms with van der Waals surface area (Å²) in [6.07, 6.45) is 0. The molecule has 8 heavy (non-hydrogen) atoms. The van der Waals surface area contributed by atoms with Gasteiger partial charge in [0.05, 0.1) is 33.0 Å². The molecular weight excluding hydrogens is 281 g/mol. The first kappa shape index (κ1) is 11.9. The van der Waals surface area contributed by atoms with Gasteiger partial charge in [-0.3, -0.25) is 0 Å². The van der Waals surface area contributed by atoms with Gasteiger partial charge in [0, 0.05) is 0 Å². The number of halogens is 2. The van der Waals surface area contributed by atoms with Crippen LogP contribution in [0, 0.1) is 0 Å². The molecule has 0 fully saturated rings. The van der Waals surface area contributed by atoms with E-state index in [2.05, 4.69) is 37.1 Å². The molecule has 3 heteroatoms. The minimum Gasteiger partial charge on any atom is -1.00 e. The molecule has 0 aromatic heterocycles. The van der Waals surface area contributed by atoms with Gasteiger partial charge in [0.15, 0.2) is 0 Å². The lowest BCUT2D eigenvalue weighted by Crippen LogP contribution is -3.00. The number of hydrogen-bond donors (Lipinski definition) is 0. The van der Waals surface area contributed by atoms with E-state index in [1.165, 1.54) is 6.54 Å². The van der Waals surface area contributed by atoms with Gasteiger partial charge in [-0.25, -0.2) is 0 Å². The molecule has 0 radical (unpaired) electrons. The van der Waals surface area contributed by atoms with Gasteiger partial charge in [0.2, 0.25) is 0 Å². The zero-order valence-electron chi connectivity index (χ0n) is 5.62. The van der Waals surface area contributed by atoms with Crippen molar-refractivity contribution >= 4 is 15.9 Å². The van der Waals surface area contributed by atoms with Crippen molar-refractivity contribution in [2.75, 3.05) is 33.0 Å². The summed E-state index contributed by atoms with van der Waals surface area (Å²) in [6, 6.07) is 0. The van der Waals surface area contributed by atoms with E-state index in [9.17, 15) is 0 Å². The molecule has 0 heterocycles. The summed E-state index contributed by atoms with van der Waals surface area (Å²) in [5, 5.41) is 1.09. The van der Waals surface area contributed by atoms with Crippen molar-refractivity contribution in [2.24, 2.45) is 0 Å². The Morgan fingerprint density at radius 3 is 1.62 bits per heavy atom. The summed E-state index contributed by atoms with van der Waals surface area (Å²) in [6.45, 7) is 1.19. The molecule has 0 saturated carbocycles. The Morgan fingerprint density at radius 1 is 1.25 bits per heavy atom. The minimum atomic E-state index is 0. The van der Waals surface area contributed by atoms with Gasteiger partial charge in [0.1, 0.15) is 0 Å². The summed E-state index contributed by atoms with van der Waals surface area (Å²) in [7, 11) is 6.55. The van der Waals surface area contributed by atoms with E-state index in [1.54, 1.807) is 0 Å². The molecule has 0 unspecified atom stereocenters. The standard InChI is InChI=1S/C5H13BrN.HI/c1-7(2,3)5-4-6;/h4-5H2,1-3H3;1H/q+1;/p-1. The molecule has 52 valence electrons. The second kappa shape index (κ2) is 4.99. The predicted molar refractivity (Wildman–Crippen MR) is 36.7 cm³/mol. The third kappa shape index (κ3) is 10.2. The average Bonchev–Trinajstić information content (AvgIpc) is 1.30. The first-order valence-electron chi connectivity index (χ1n) is 2.43. The zero-order valence-corrected chi connectivity index (χ0v) is 9.36. The molecule has 0 bridgehead atoms. The van der Waals surface area contributed by atoms with Crippen LogP contribution in [0.1, 0.15) is 0 Å². The Labute approximate surface area is 77.2 Å². The van der Waals surface area contributed by atoms with Crippen LogP contribution in [0.15, 0.2) is 0 Å². The summed E-state index contributed by atoms with van der Waals surface area (Å²) in [5.41, 5.74) is 0. The highest BCUT2D eigenvalue weighted by molar-refractivity contribution is 9.09. The van der Waals surface area contributed by atoms with E-state index in [4.69, 9.17) is 0 Å². The zero-order chi connectivity index (χ0) is 5.91. The monoisotopic (exact) mass is 293 g/mol. The van der Waals surface area contributed by atoms with E-state index in [1.807, 2.05) is 0 Å². The Morgan fingerprint density at radius 2 is 1.62 bits per heavy atom. The molecule has 0 saturated heterocycles. The SMILES string of the molecule is C[N+](C)(C)CCBr.[I-]. The number of quaternary nitrogens is 1. The van der Waals surface area contributed by atoms with Crippen molar-refractivity contribution in [3.63, 3.8) is 0 Å². The van der Waals surface area contributed by atoms with E-state index in [0.717, 1.165) is 9.81 Å². The minimum absolute atomic E-state index is 0. The Balaban J connectivity index is 0. The topological polar surface area (TPSA) is 0 Å². The molecule has 0 aromatic carbocycles. The molecule has 0 N–H and O–H groups in total. The lowest BCUT2D eigenvalue weighted by Gasteiger charge is -2.21. The summed E-state index contributed by atoms with van der Waals surface area (Å²) < 4.78 is 1.05. The first-order chi connectivity index (χ1) is 3.06. The third-order valence-corrected chi connectivity index (χ3v) is 1.11. The molecule has 0 amide bonds. The highest BCUT2D eigenvalue weighted by Crippen LogP contribution is 1.90. The molecule has 0 atom stereocenters. The van der Waals surface area contributed by atoms with Crippen LogP contribution >= 0.6 is 15.9 Å². The van der Waals surface area contributed by atoms with Crippen molar-refractivity contribution < 1.29 is 28.5 Å². The molecule has 0 aromatic rings. The summed E-state index contributed by atoms with van der Waals surface area (Å²) >= 11 is 3.37. The van der Waals surface area contributed by atoms with Crippen LogP contribution in [-0.2, 0) is 0 Å². The van der Waals surface area contributed by atoms with Gasteiger partial charge in [-0.15, -0.1) is 0 Å². The largest absolute Gasteiger partial charge is 1.00 e. The maximum Gasteiger partial charge on any atom is 0.0878 e. The molecule has 0 spiro atoms. The number of hydrogen-bond acceptors (Lipinski definition) is 0. The lowest BCUT2D eigenvalue weighted by molar-refractivity contribution is -0.867. The smallest absolute Gasteiger partial charge is 0.0878 e. The second-order valence-corrected chi connectivity index (χ2v) is 3.50. The van der Waals surface area contributed by atoms with Gasteiger partial charge in [-0.1, -0.05) is 15.9 Å². The van der Waals surface area contributed by atoms with Gasteiger partial charge in [-0.05, 0) is 0 Å². The van der Waals surface area contributed by atoms with Crippen molar-refractivity contribution in [2.45, 2.75) is 0 Å². The van der Waals surface area contributed by atoms with Crippen LogP contribution < -0.4 is 24.0 Å². The van der Waals surface area contributed by atoms with Crippen molar-refractivity contribution in [1.29, 1.82) is 0 Å². The van der Waals surface area contributed by atoms with Crippen molar-refractivity contribution in [3.05, 3.63) is 0 Å². The summed E-state index contributed by atoms with van der Waals surface area (Å²) in [4.78, 5) is 0. The van der Waals surface area contributed by atoms with Crippen LogP contribution in [-0.4, -0.2) is 37.5 Å². The molecule has 0 aliphatic heterocycles. The van der Waals surface area contributed by atoms with E-state index in [-0.39, 0.29) is 24.0 Å². The van der Waals surface area contributed by atoms with Crippen LogP contribution in [0.3, 0.4) is 0 Å². The van der Waals surface area contributed by atoms with Crippen molar-refractivity contribution in [1.82, 2.24) is 0 Å². The maximum atomic E-state index is 3.37. The Bertz CT molecular complexity index is 50.9. The van der Waals surface area contributed by atoms with Gasteiger partial charge in [0.25, 0.3) is 0 Å². The quantitative estimate of drug-likeness (QED) is 0.317.